The van der Waals surface area contributed by atoms with Gasteiger partial charge in [-0.15, -0.1) is 11.3 Å². The highest BCUT2D eigenvalue weighted by Crippen LogP contribution is 2.25. The topological polar surface area (TPSA) is 80.5 Å². The summed E-state index contributed by atoms with van der Waals surface area (Å²) in [5, 5.41) is 1.99. The van der Waals surface area contributed by atoms with Gasteiger partial charge in [0.2, 0.25) is 0 Å². The summed E-state index contributed by atoms with van der Waals surface area (Å²) in [6, 6.07) is 14.1. The van der Waals surface area contributed by atoms with Gasteiger partial charge >= 0.3 is 0 Å². The van der Waals surface area contributed by atoms with Gasteiger partial charge in [-0.2, -0.15) is 0 Å². The Labute approximate surface area is 130 Å². The maximum atomic E-state index is 6.05. The molecule has 3 heterocycles. The molecule has 108 valence electrons. The van der Waals surface area contributed by atoms with Crippen molar-refractivity contribution in [1.82, 2.24) is 19.9 Å². The summed E-state index contributed by atoms with van der Waals surface area (Å²) in [7, 11) is 0. The van der Waals surface area contributed by atoms with E-state index in [-0.39, 0.29) is 0 Å². The van der Waals surface area contributed by atoms with Crippen molar-refractivity contribution in [2.75, 3.05) is 5.73 Å². The van der Waals surface area contributed by atoms with Crippen LogP contribution in [0.2, 0.25) is 0 Å². The number of aromatic amines is 1. The van der Waals surface area contributed by atoms with Crippen molar-refractivity contribution < 1.29 is 0 Å². The average Bonchev–Trinajstić information content (AvgIpc) is 3.17. The third-order valence-electron chi connectivity index (χ3n) is 3.38. The van der Waals surface area contributed by atoms with Crippen LogP contribution in [0.25, 0.3) is 21.9 Å². The lowest BCUT2D eigenvalue weighted by Gasteiger charge is -1.98. The maximum Gasteiger partial charge on any atom is 0.183 e. The Bertz CT molecular complexity index is 913. The molecule has 0 amide bonds. The quantitative estimate of drug-likeness (QED) is 0.609. The van der Waals surface area contributed by atoms with Crippen molar-refractivity contribution in [2.45, 2.75) is 6.42 Å². The summed E-state index contributed by atoms with van der Waals surface area (Å²) in [5.74, 6) is 1.89. The number of nitrogens with one attached hydrogen (secondary N) is 1. The zero-order chi connectivity index (χ0) is 14.9. The van der Waals surface area contributed by atoms with E-state index in [4.69, 9.17) is 5.73 Å². The Morgan fingerprint density at radius 3 is 2.64 bits per heavy atom. The highest BCUT2D eigenvalue weighted by atomic mass is 32.1. The van der Waals surface area contributed by atoms with E-state index < -0.39 is 0 Å². The van der Waals surface area contributed by atoms with Crippen LogP contribution < -0.4 is 5.73 Å². The zero-order valence-corrected chi connectivity index (χ0v) is 12.5. The molecule has 0 unspecified atom stereocenters. The standard InChI is InChI=1S/C16H13N5S/c17-14-13-16(21-15(20-14)11-7-4-8-22-11)19-12(18-13)9-10-5-2-1-3-6-10/h1-8H,9H2,(H3,17,18,19,20,21). The number of nitrogen functional groups attached to an aromatic ring is 1. The van der Waals surface area contributed by atoms with Crippen LogP contribution in [-0.2, 0) is 6.42 Å². The molecule has 0 radical (unpaired) electrons. The molecule has 0 spiro atoms. The highest BCUT2D eigenvalue weighted by molar-refractivity contribution is 7.13. The van der Waals surface area contributed by atoms with Gasteiger partial charge in [0.15, 0.2) is 17.3 Å². The summed E-state index contributed by atoms with van der Waals surface area (Å²) in [5.41, 5.74) is 8.55. The zero-order valence-electron chi connectivity index (χ0n) is 11.7. The smallest absolute Gasteiger partial charge is 0.183 e. The molecule has 0 aliphatic carbocycles. The molecule has 0 atom stereocenters. The van der Waals surface area contributed by atoms with Crippen molar-refractivity contribution in [3.63, 3.8) is 0 Å². The summed E-state index contributed by atoms with van der Waals surface area (Å²) >= 11 is 1.58. The van der Waals surface area contributed by atoms with E-state index in [2.05, 4.69) is 32.1 Å². The van der Waals surface area contributed by atoms with E-state index in [1.165, 1.54) is 5.56 Å². The monoisotopic (exact) mass is 307 g/mol. The first-order chi connectivity index (χ1) is 10.8. The largest absolute Gasteiger partial charge is 0.382 e. The number of fused-ring (bicyclic) bond motifs is 1. The van der Waals surface area contributed by atoms with Crippen molar-refractivity contribution in [2.24, 2.45) is 0 Å². The fourth-order valence-corrected chi connectivity index (χ4v) is 3.01. The van der Waals surface area contributed by atoms with Gasteiger partial charge in [-0.05, 0) is 17.0 Å². The van der Waals surface area contributed by atoms with Crippen LogP contribution in [0.4, 0.5) is 5.82 Å². The third kappa shape index (κ3) is 2.33. The summed E-state index contributed by atoms with van der Waals surface area (Å²) in [6.07, 6.45) is 0.713. The Kier molecular flexibility index (Phi) is 3.08. The molecule has 0 fully saturated rings. The van der Waals surface area contributed by atoms with E-state index in [0.29, 0.717) is 29.2 Å². The first-order valence-corrected chi connectivity index (χ1v) is 7.77. The summed E-state index contributed by atoms with van der Waals surface area (Å²) in [6.45, 7) is 0. The second-order valence-corrected chi connectivity index (χ2v) is 5.90. The fourth-order valence-electron chi connectivity index (χ4n) is 2.36. The first kappa shape index (κ1) is 13.0. The van der Waals surface area contributed by atoms with Gasteiger partial charge in [-0.25, -0.2) is 15.0 Å². The summed E-state index contributed by atoms with van der Waals surface area (Å²) in [4.78, 5) is 17.7. The number of rotatable bonds is 3. The molecule has 3 aromatic heterocycles. The lowest BCUT2D eigenvalue weighted by atomic mass is 10.1. The predicted molar refractivity (Wildman–Crippen MR) is 88.7 cm³/mol. The third-order valence-corrected chi connectivity index (χ3v) is 4.25. The molecule has 3 N–H and O–H groups in total. The van der Waals surface area contributed by atoms with Gasteiger partial charge < -0.3 is 10.7 Å². The number of hydrogen-bond acceptors (Lipinski definition) is 5. The molecule has 0 saturated carbocycles. The number of benzene rings is 1. The molecule has 0 saturated heterocycles. The minimum atomic E-state index is 0.431. The predicted octanol–water partition coefficient (Wildman–Crippen LogP) is 3.25. The van der Waals surface area contributed by atoms with Crippen LogP contribution in [0, 0.1) is 0 Å². The number of anilines is 1. The number of thiophene rings is 1. The number of H-pyrrole nitrogens is 1. The van der Waals surface area contributed by atoms with E-state index in [1.54, 1.807) is 11.3 Å². The molecule has 4 rings (SSSR count). The first-order valence-electron chi connectivity index (χ1n) is 6.89. The van der Waals surface area contributed by atoms with Crippen LogP contribution in [-0.4, -0.2) is 19.9 Å². The van der Waals surface area contributed by atoms with Gasteiger partial charge in [-0.1, -0.05) is 36.4 Å². The SMILES string of the molecule is Nc1nc(-c2cccs2)nc2nc(Cc3ccccc3)[nH]c12. The van der Waals surface area contributed by atoms with Gasteiger partial charge in [0.25, 0.3) is 0 Å². The lowest BCUT2D eigenvalue weighted by Crippen LogP contribution is -1.96. The normalized spacial score (nSPS) is 11.1. The number of aromatic nitrogens is 4. The minimum Gasteiger partial charge on any atom is -0.382 e. The number of hydrogen-bond donors (Lipinski definition) is 2. The Morgan fingerprint density at radius 1 is 1.00 bits per heavy atom. The highest BCUT2D eigenvalue weighted by Gasteiger charge is 2.12. The molecule has 5 nitrogen and oxygen atoms in total. The fraction of sp³-hybridized carbons (Fsp3) is 0.0625. The van der Waals surface area contributed by atoms with Crippen LogP contribution in [0.1, 0.15) is 11.4 Å². The Hall–Kier alpha value is -2.73. The Morgan fingerprint density at radius 2 is 1.86 bits per heavy atom. The molecule has 0 aliphatic rings. The van der Waals surface area contributed by atoms with Crippen molar-refractivity contribution in [3.05, 3.63) is 59.2 Å². The molecule has 0 bridgehead atoms. The van der Waals surface area contributed by atoms with Crippen LogP contribution in [0.3, 0.4) is 0 Å². The van der Waals surface area contributed by atoms with Crippen molar-refractivity contribution in [1.29, 1.82) is 0 Å². The van der Waals surface area contributed by atoms with Crippen LogP contribution in [0.15, 0.2) is 47.8 Å². The van der Waals surface area contributed by atoms with Crippen molar-refractivity contribution >= 4 is 28.3 Å². The molecule has 0 aliphatic heterocycles. The summed E-state index contributed by atoms with van der Waals surface area (Å²) < 4.78 is 0. The van der Waals surface area contributed by atoms with Gasteiger partial charge in [-0.3, -0.25) is 0 Å². The second kappa shape index (κ2) is 5.23. The van der Waals surface area contributed by atoms with Crippen LogP contribution in [0.5, 0.6) is 0 Å². The molecular weight excluding hydrogens is 294 g/mol. The minimum absolute atomic E-state index is 0.431. The van der Waals surface area contributed by atoms with E-state index in [0.717, 1.165) is 10.7 Å². The van der Waals surface area contributed by atoms with Gasteiger partial charge in [0, 0.05) is 6.42 Å². The maximum absolute atomic E-state index is 6.05. The van der Waals surface area contributed by atoms with E-state index >= 15 is 0 Å². The number of nitrogens with two attached hydrogens (primary N) is 1. The lowest BCUT2D eigenvalue weighted by molar-refractivity contribution is 1.03. The van der Waals surface area contributed by atoms with E-state index in [1.807, 2.05) is 35.7 Å². The average molecular weight is 307 g/mol. The molecule has 4 aromatic rings. The molecule has 1 aromatic carbocycles. The van der Waals surface area contributed by atoms with Crippen LogP contribution >= 0.6 is 11.3 Å². The molecular formula is C16H13N5S. The Balaban J connectivity index is 1.76. The number of nitrogens with zero attached hydrogens (tertiary/aromatic N) is 3. The second-order valence-electron chi connectivity index (χ2n) is 4.95. The van der Waals surface area contributed by atoms with Gasteiger partial charge in [0.1, 0.15) is 11.3 Å². The number of imidazole rings is 1. The molecule has 22 heavy (non-hydrogen) atoms. The van der Waals surface area contributed by atoms with E-state index in [9.17, 15) is 0 Å². The van der Waals surface area contributed by atoms with Gasteiger partial charge in [0.05, 0.1) is 4.88 Å². The van der Waals surface area contributed by atoms with Crippen molar-refractivity contribution in [3.8, 4) is 10.7 Å². The molecule has 6 heteroatoms.